The molecule has 3 N–H and O–H groups in total. The summed E-state index contributed by atoms with van der Waals surface area (Å²) >= 11 is 0. The summed E-state index contributed by atoms with van der Waals surface area (Å²) in [6.07, 6.45) is 0.933. The number of carbonyl (C=O) groups is 2. The second-order valence-corrected chi connectivity index (χ2v) is 4.95. The van der Waals surface area contributed by atoms with E-state index in [0.29, 0.717) is 36.7 Å². The molecular weight excluding hydrogens is 319 g/mol. The number of nitrogens with one attached hydrogen (secondary N) is 2. The molecule has 0 fully saturated rings. The number of aliphatic carboxylic acids is 1. The molecule has 24 heavy (non-hydrogen) atoms. The normalized spacial score (nSPS) is 10.4. The summed E-state index contributed by atoms with van der Waals surface area (Å²) in [5.74, 6) is -0.509. The van der Waals surface area contributed by atoms with Crippen molar-refractivity contribution in [2.24, 2.45) is 0 Å². The van der Waals surface area contributed by atoms with Crippen molar-refractivity contribution in [3.05, 3.63) is 36.0 Å². The molecule has 0 saturated heterocycles. The second kappa shape index (κ2) is 8.61. The van der Waals surface area contributed by atoms with E-state index in [1.54, 1.807) is 12.1 Å². The number of amides is 2. The maximum Gasteiger partial charge on any atom is 0.314 e. The van der Waals surface area contributed by atoms with Gasteiger partial charge in [0.2, 0.25) is 11.7 Å². The molecule has 8 nitrogen and oxygen atoms in total. The summed E-state index contributed by atoms with van der Waals surface area (Å²) in [6.45, 7) is 0.457. The van der Waals surface area contributed by atoms with Gasteiger partial charge in [0.05, 0.1) is 6.42 Å². The van der Waals surface area contributed by atoms with Crippen LogP contribution in [0.4, 0.5) is 9.18 Å². The van der Waals surface area contributed by atoms with E-state index in [1.807, 2.05) is 0 Å². The third-order valence-corrected chi connectivity index (χ3v) is 3.05. The molecule has 0 aliphatic carbocycles. The Bertz CT molecular complexity index is 687. The first-order valence-corrected chi connectivity index (χ1v) is 7.36. The maximum absolute atomic E-state index is 12.9. The van der Waals surface area contributed by atoms with Crippen LogP contribution in [0, 0.1) is 5.82 Å². The summed E-state index contributed by atoms with van der Waals surface area (Å²) in [6, 6.07) is 5.34. The van der Waals surface area contributed by atoms with Gasteiger partial charge in [-0.2, -0.15) is 4.98 Å². The molecule has 9 heteroatoms. The van der Waals surface area contributed by atoms with Crippen molar-refractivity contribution >= 4 is 12.0 Å². The zero-order chi connectivity index (χ0) is 17.4. The van der Waals surface area contributed by atoms with Crippen LogP contribution in [0.25, 0.3) is 11.4 Å². The number of carboxylic acid groups (broad SMARTS) is 1. The lowest BCUT2D eigenvalue weighted by Crippen LogP contribution is -2.37. The average Bonchev–Trinajstić information content (AvgIpc) is 3.01. The maximum atomic E-state index is 12.9. The first-order chi connectivity index (χ1) is 11.5. The van der Waals surface area contributed by atoms with Crippen LogP contribution >= 0.6 is 0 Å². The first kappa shape index (κ1) is 17.4. The fraction of sp³-hybridized carbons (Fsp3) is 0.333. The van der Waals surface area contributed by atoms with Gasteiger partial charge in [-0.15, -0.1) is 0 Å². The molecule has 2 amide bonds. The molecule has 0 saturated carbocycles. The fourth-order valence-corrected chi connectivity index (χ4v) is 1.86. The Hall–Kier alpha value is -2.97. The van der Waals surface area contributed by atoms with Crippen molar-refractivity contribution in [1.29, 1.82) is 0 Å². The molecular formula is C15H17FN4O4. The predicted octanol–water partition coefficient (Wildman–Crippen LogP) is 1.58. The molecule has 1 heterocycles. The van der Waals surface area contributed by atoms with Gasteiger partial charge >= 0.3 is 12.0 Å². The number of carboxylic acids is 1. The van der Waals surface area contributed by atoms with Gasteiger partial charge in [-0.25, -0.2) is 9.18 Å². The van der Waals surface area contributed by atoms with E-state index in [0.717, 1.165) is 0 Å². The van der Waals surface area contributed by atoms with Gasteiger partial charge in [0.25, 0.3) is 0 Å². The van der Waals surface area contributed by atoms with Gasteiger partial charge in [-0.05, 0) is 30.7 Å². The Morgan fingerprint density at radius 2 is 1.88 bits per heavy atom. The number of rotatable bonds is 8. The molecule has 128 valence electrons. The number of nitrogens with zero attached hydrogens (tertiary/aromatic N) is 2. The molecule has 2 aromatic rings. The van der Waals surface area contributed by atoms with Crippen LogP contribution in [0.3, 0.4) is 0 Å². The van der Waals surface area contributed by atoms with Crippen LogP contribution in [-0.4, -0.2) is 40.3 Å². The van der Waals surface area contributed by atoms with Crippen LogP contribution < -0.4 is 10.6 Å². The van der Waals surface area contributed by atoms with Crippen LogP contribution in [0.1, 0.15) is 18.7 Å². The van der Waals surface area contributed by atoms with Gasteiger partial charge in [0, 0.05) is 25.1 Å². The molecule has 2 rings (SSSR count). The Morgan fingerprint density at radius 3 is 2.58 bits per heavy atom. The van der Waals surface area contributed by atoms with Crippen molar-refractivity contribution in [3.8, 4) is 11.4 Å². The number of hydrogen-bond donors (Lipinski definition) is 3. The summed E-state index contributed by atoms with van der Waals surface area (Å²) < 4.78 is 18.0. The van der Waals surface area contributed by atoms with E-state index >= 15 is 0 Å². The van der Waals surface area contributed by atoms with Gasteiger partial charge in [-0.1, -0.05) is 5.16 Å². The standard InChI is InChI=1S/C15H17FN4O4/c16-11-5-3-10(4-6-11)14-19-12(24-20-14)2-1-8-17-15(23)18-9-7-13(21)22/h3-6H,1-2,7-9H2,(H,21,22)(H2,17,18,23). The van der Waals surface area contributed by atoms with E-state index < -0.39 is 12.0 Å². The molecule has 0 atom stereocenters. The van der Waals surface area contributed by atoms with Crippen molar-refractivity contribution < 1.29 is 23.6 Å². The van der Waals surface area contributed by atoms with Crippen LogP contribution in [-0.2, 0) is 11.2 Å². The molecule has 0 aliphatic heterocycles. The van der Waals surface area contributed by atoms with Crippen LogP contribution in [0.5, 0.6) is 0 Å². The van der Waals surface area contributed by atoms with Crippen molar-refractivity contribution in [2.75, 3.05) is 13.1 Å². The van der Waals surface area contributed by atoms with E-state index in [2.05, 4.69) is 20.8 Å². The molecule has 0 unspecified atom stereocenters. The highest BCUT2D eigenvalue weighted by Gasteiger charge is 2.09. The molecule has 0 radical (unpaired) electrons. The van der Waals surface area contributed by atoms with E-state index in [4.69, 9.17) is 9.63 Å². The molecule has 0 aliphatic rings. The monoisotopic (exact) mass is 336 g/mol. The number of aromatic nitrogens is 2. The van der Waals surface area contributed by atoms with Crippen molar-refractivity contribution in [3.63, 3.8) is 0 Å². The highest BCUT2D eigenvalue weighted by atomic mass is 19.1. The van der Waals surface area contributed by atoms with E-state index in [-0.39, 0.29) is 18.8 Å². The highest BCUT2D eigenvalue weighted by Crippen LogP contribution is 2.16. The quantitative estimate of drug-likeness (QED) is 0.630. The predicted molar refractivity (Wildman–Crippen MR) is 81.7 cm³/mol. The summed E-state index contributed by atoms with van der Waals surface area (Å²) in [5, 5.41) is 17.3. The topological polar surface area (TPSA) is 117 Å². The van der Waals surface area contributed by atoms with Crippen LogP contribution in [0.15, 0.2) is 28.8 Å². The first-order valence-electron chi connectivity index (χ1n) is 7.36. The zero-order valence-corrected chi connectivity index (χ0v) is 12.8. The molecule has 1 aromatic heterocycles. The minimum absolute atomic E-state index is 0.0753. The van der Waals surface area contributed by atoms with Gasteiger partial charge in [0.15, 0.2) is 0 Å². The summed E-state index contributed by atoms with van der Waals surface area (Å²) in [4.78, 5) is 25.9. The number of halogens is 1. The van der Waals surface area contributed by atoms with Gasteiger partial charge < -0.3 is 20.3 Å². The lowest BCUT2D eigenvalue weighted by atomic mass is 10.2. The number of benzene rings is 1. The third kappa shape index (κ3) is 5.67. The van der Waals surface area contributed by atoms with Crippen LogP contribution in [0.2, 0.25) is 0 Å². The number of hydrogen-bond acceptors (Lipinski definition) is 5. The van der Waals surface area contributed by atoms with Crippen molar-refractivity contribution in [1.82, 2.24) is 20.8 Å². The molecule has 0 spiro atoms. The molecule has 1 aromatic carbocycles. The minimum Gasteiger partial charge on any atom is -0.481 e. The minimum atomic E-state index is -0.969. The van der Waals surface area contributed by atoms with Gasteiger partial charge in [0.1, 0.15) is 5.82 Å². The zero-order valence-electron chi connectivity index (χ0n) is 12.8. The SMILES string of the molecule is O=C(O)CCNC(=O)NCCCc1nc(-c2ccc(F)cc2)no1. The summed E-state index contributed by atoms with van der Waals surface area (Å²) in [7, 11) is 0. The average molecular weight is 336 g/mol. The Balaban J connectivity index is 1.69. The van der Waals surface area contributed by atoms with Gasteiger partial charge in [-0.3, -0.25) is 4.79 Å². The molecule has 0 bridgehead atoms. The summed E-state index contributed by atoms with van der Waals surface area (Å²) in [5.41, 5.74) is 0.655. The third-order valence-electron chi connectivity index (χ3n) is 3.05. The van der Waals surface area contributed by atoms with E-state index in [1.165, 1.54) is 12.1 Å². The Labute approximate surface area is 137 Å². The fourth-order valence-electron chi connectivity index (χ4n) is 1.86. The second-order valence-electron chi connectivity index (χ2n) is 4.95. The lowest BCUT2D eigenvalue weighted by Gasteiger charge is -2.05. The number of urea groups is 1. The Kier molecular flexibility index (Phi) is 6.23. The lowest BCUT2D eigenvalue weighted by molar-refractivity contribution is -0.136. The number of carbonyl (C=O) groups excluding carboxylic acids is 1. The number of aryl methyl sites for hydroxylation is 1. The van der Waals surface area contributed by atoms with Crippen molar-refractivity contribution in [2.45, 2.75) is 19.3 Å². The smallest absolute Gasteiger partial charge is 0.314 e. The Morgan fingerprint density at radius 1 is 1.17 bits per heavy atom. The largest absolute Gasteiger partial charge is 0.481 e. The van der Waals surface area contributed by atoms with E-state index in [9.17, 15) is 14.0 Å². The highest BCUT2D eigenvalue weighted by molar-refractivity contribution is 5.74.